The summed E-state index contributed by atoms with van der Waals surface area (Å²) in [7, 11) is 0. The Kier molecular flexibility index (Phi) is 6.01. The van der Waals surface area contributed by atoms with E-state index in [0.717, 1.165) is 4.88 Å². The van der Waals surface area contributed by atoms with Crippen LogP contribution >= 0.6 is 11.3 Å². The Bertz CT molecular complexity index is 455. The molecule has 3 N–H and O–H groups in total. The molecular formula is C14H23N3O2S. The summed E-state index contributed by atoms with van der Waals surface area (Å²) < 4.78 is 0. The van der Waals surface area contributed by atoms with E-state index >= 15 is 0 Å². The van der Waals surface area contributed by atoms with Crippen LogP contribution in [0.2, 0.25) is 0 Å². The fourth-order valence-electron chi connectivity index (χ4n) is 2.08. The van der Waals surface area contributed by atoms with Crippen molar-refractivity contribution in [3.8, 4) is 0 Å². The second-order valence-corrected chi connectivity index (χ2v) is 6.42. The van der Waals surface area contributed by atoms with E-state index in [-0.39, 0.29) is 23.7 Å². The molecule has 1 aromatic heterocycles. The van der Waals surface area contributed by atoms with Gasteiger partial charge in [-0.1, -0.05) is 25.1 Å². The Labute approximate surface area is 124 Å². The fourth-order valence-corrected chi connectivity index (χ4v) is 2.78. The van der Waals surface area contributed by atoms with Gasteiger partial charge in [0.15, 0.2) is 5.84 Å². The lowest BCUT2D eigenvalue weighted by Gasteiger charge is -2.31. The fraction of sp³-hybridized carbons (Fsp3) is 0.571. The molecule has 20 heavy (non-hydrogen) atoms. The van der Waals surface area contributed by atoms with Gasteiger partial charge in [0.1, 0.15) is 5.92 Å². The average Bonchev–Trinajstić information content (AvgIpc) is 2.87. The van der Waals surface area contributed by atoms with Crippen LogP contribution in [0.1, 0.15) is 32.6 Å². The molecule has 0 aliphatic carbocycles. The molecular weight excluding hydrogens is 274 g/mol. The highest BCUT2D eigenvalue weighted by Gasteiger charge is 2.32. The maximum atomic E-state index is 12.7. The van der Waals surface area contributed by atoms with Gasteiger partial charge in [0.2, 0.25) is 5.91 Å². The van der Waals surface area contributed by atoms with Gasteiger partial charge in [0.25, 0.3) is 0 Å². The molecule has 0 saturated carbocycles. The summed E-state index contributed by atoms with van der Waals surface area (Å²) in [6, 6.07) is 4.02. The Balaban J connectivity index is 2.97. The lowest BCUT2D eigenvalue weighted by Crippen LogP contribution is -2.46. The molecule has 0 fully saturated rings. The summed E-state index contributed by atoms with van der Waals surface area (Å²) in [6.07, 6.45) is 0. The molecule has 112 valence electrons. The van der Waals surface area contributed by atoms with E-state index in [2.05, 4.69) is 5.16 Å². The van der Waals surface area contributed by atoms with Crippen LogP contribution in [0.4, 0.5) is 0 Å². The van der Waals surface area contributed by atoms with Gasteiger partial charge in [0.05, 0.1) is 6.54 Å². The lowest BCUT2D eigenvalue weighted by molar-refractivity contribution is -0.136. The van der Waals surface area contributed by atoms with Crippen molar-refractivity contribution in [3.63, 3.8) is 0 Å². The quantitative estimate of drug-likeness (QED) is 0.366. The predicted octanol–water partition coefficient (Wildman–Crippen LogP) is 2.50. The highest BCUT2D eigenvalue weighted by Crippen LogP contribution is 2.20. The Morgan fingerprint density at radius 3 is 2.50 bits per heavy atom. The minimum atomic E-state index is -0.595. The van der Waals surface area contributed by atoms with E-state index in [0.29, 0.717) is 6.54 Å². The molecule has 1 unspecified atom stereocenters. The van der Waals surface area contributed by atoms with Crippen LogP contribution in [0.25, 0.3) is 0 Å². The molecule has 1 aromatic rings. The maximum absolute atomic E-state index is 12.7. The van der Waals surface area contributed by atoms with E-state index < -0.39 is 5.92 Å². The highest BCUT2D eigenvalue weighted by atomic mass is 32.1. The van der Waals surface area contributed by atoms with Crippen LogP contribution in [0.15, 0.2) is 22.7 Å². The Morgan fingerprint density at radius 2 is 2.10 bits per heavy atom. The monoisotopic (exact) mass is 297 g/mol. The van der Waals surface area contributed by atoms with Crippen LogP contribution in [-0.2, 0) is 11.3 Å². The zero-order chi connectivity index (χ0) is 15.3. The number of amidine groups is 1. The third-order valence-corrected chi connectivity index (χ3v) is 4.04. The third-order valence-electron chi connectivity index (χ3n) is 3.18. The van der Waals surface area contributed by atoms with Crippen LogP contribution < -0.4 is 5.73 Å². The molecule has 0 spiro atoms. The molecule has 0 aromatic carbocycles. The van der Waals surface area contributed by atoms with Gasteiger partial charge in [0, 0.05) is 10.9 Å². The summed E-state index contributed by atoms with van der Waals surface area (Å²) >= 11 is 1.62. The number of carbonyl (C=O) groups excluding carboxylic acids is 1. The molecule has 1 atom stereocenters. The van der Waals surface area contributed by atoms with Crippen molar-refractivity contribution in [2.24, 2.45) is 22.7 Å². The Hall–Kier alpha value is -1.56. The van der Waals surface area contributed by atoms with Crippen LogP contribution in [-0.4, -0.2) is 27.9 Å². The zero-order valence-corrected chi connectivity index (χ0v) is 13.2. The number of hydrogen-bond acceptors (Lipinski definition) is 4. The molecule has 1 amide bonds. The van der Waals surface area contributed by atoms with E-state index in [9.17, 15) is 4.79 Å². The number of thiophene rings is 1. The largest absolute Gasteiger partial charge is 0.409 e. The van der Waals surface area contributed by atoms with Crippen LogP contribution in [0.3, 0.4) is 0 Å². The standard InChI is InChI=1S/C14H23N3O2S/c1-9(2)12(13(15)16-19)14(18)17(10(3)4)8-11-6-5-7-20-11/h5-7,9-10,12,19H,8H2,1-4H3,(H2,15,16). The number of amides is 1. The van der Waals surface area contributed by atoms with E-state index in [1.807, 2.05) is 45.2 Å². The van der Waals surface area contributed by atoms with Gasteiger partial charge in [-0.2, -0.15) is 0 Å². The van der Waals surface area contributed by atoms with Crippen molar-refractivity contribution in [2.45, 2.75) is 40.3 Å². The molecule has 0 aliphatic rings. The molecule has 0 aliphatic heterocycles. The minimum absolute atomic E-state index is 0.0250. The summed E-state index contributed by atoms with van der Waals surface area (Å²) in [6.45, 7) is 8.27. The molecule has 5 nitrogen and oxygen atoms in total. The van der Waals surface area contributed by atoms with Crippen molar-refractivity contribution in [2.75, 3.05) is 0 Å². The third kappa shape index (κ3) is 3.96. The van der Waals surface area contributed by atoms with Gasteiger partial charge < -0.3 is 15.8 Å². The summed E-state index contributed by atoms with van der Waals surface area (Å²) in [5, 5.41) is 13.9. The topological polar surface area (TPSA) is 78.9 Å². The Morgan fingerprint density at radius 1 is 1.45 bits per heavy atom. The molecule has 1 heterocycles. The first-order valence-electron chi connectivity index (χ1n) is 6.68. The maximum Gasteiger partial charge on any atom is 0.234 e. The van der Waals surface area contributed by atoms with Crippen LogP contribution in [0, 0.1) is 11.8 Å². The molecule has 0 radical (unpaired) electrons. The number of rotatable bonds is 6. The van der Waals surface area contributed by atoms with Crippen molar-refractivity contribution in [1.82, 2.24) is 4.90 Å². The van der Waals surface area contributed by atoms with Crippen LogP contribution in [0.5, 0.6) is 0 Å². The molecule has 0 saturated heterocycles. The van der Waals surface area contributed by atoms with Crippen molar-refractivity contribution >= 4 is 23.1 Å². The highest BCUT2D eigenvalue weighted by molar-refractivity contribution is 7.09. The SMILES string of the molecule is CC(C)C(C(=O)N(Cc1cccs1)C(C)C)C(N)=NO. The first-order chi connectivity index (χ1) is 9.38. The number of hydrogen-bond donors (Lipinski definition) is 2. The first-order valence-corrected chi connectivity index (χ1v) is 7.56. The van der Waals surface area contributed by atoms with Gasteiger partial charge >= 0.3 is 0 Å². The number of nitrogens with two attached hydrogens (primary N) is 1. The van der Waals surface area contributed by atoms with E-state index in [4.69, 9.17) is 10.9 Å². The smallest absolute Gasteiger partial charge is 0.234 e. The van der Waals surface area contributed by atoms with Crippen molar-refractivity contribution < 1.29 is 10.0 Å². The average molecular weight is 297 g/mol. The van der Waals surface area contributed by atoms with E-state index in [1.165, 1.54) is 0 Å². The number of nitrogens with zero attached hydrogens (tertiary/aromatic N) is 2. The van der Waals surface area contributed by atoms with E-state index in [1.54, 1.807) is 16.2 Å². The van der Waals surface area contributed by atoms with Gasteiger partial charge in [-0.05, 0) is 31.2 Å². The minimum Gasteiger partial charge on any atom is -0.409 e. The van der Waals surface area contributed by atoms with Gasteiger partial charge in [-0.15, -0.1) is 11.3 Å². The molecule has 6 heteroatoms. The summed E-state index contributed by atoms with van der Waals surface area (Å²) in [5.74, 6) is -0.745. The summed E-state index contributed by atoms with van der Waals surface area (Å²) in [5.41, 5.74) is 5.69. The first kappa shape index (κ1) is 16.5. The van der Waals surface area contributed by atoms with Gasteiger partial charge in [-0.25, -0.2) is 0 Å². The summed E-state index contributed by atoms with van der Waals surface area (Å²) in [4.78, 5) is 15.6. The zero-order valence-electron chi connectivity index (χ0n) is 12.4. The van der Waals surface area contributed by atoms with Gasteiger partial charge in [-0.3, -0.25) is 4.79 Å². The number of carbonyl (C=O) groups is 1. The lowest BCUT2D eigenvalue weighted by atomic mass is 9.92. The predicted molar refractivity (Wildman–Crippen MR) is 81.7 cm³/mol. The molecule has 0 bridgehead atoms. The number of oxime groups is 1. The second-order valence-electron chi connectivity index (χ2n) is 5.39. The van der Waals surface area contributed by atoms with Crippen molar-refractivity contribution in [3.05, 3.63) is 22.4 Å². The normalized spacial score (nSPS) is 13.8. The second kappa shape index (κ2) is 7.28. The molecule has 1 rings (SSSR count). The van der Waals surface area contributed by atoms with Crippen molar-refractivity contribution in [1.29, 1.82) is 0 Å².